The Morgan fingerprint density at radius 3 is 2.59 bits per heavy atom. The van der Waals surface area contributed by atoms with Crippen LogP contribution in [0.25, 0.3) is 10.8 Å². The van der Waals surface area contributed by atoms with Gasteiger partial charge in [0.2, 0.25) is 0 Å². The number of benzene rings is 3. The van der Waals surface area contributed by atoms with E-state index in [0.717, 1.165) is 10.8 Å². The molecule has 3 aromatic carbocycles. The number of hydrogen-bond donors (Lipinski definition) is 1. The summed E-state index contributed by atoms with van der Waals surface area (Å²) in [5, 5.41) is 4.58. The van der Waals surface area contributed by atoms with E-state index in [-0.39, 0.29) is 24.9 Å². The number of ether oxygens (including phenoxy) is 2. The van der Waals surface area contributed by atoms with Crippen LogP contribution >= 0.6 is 0 Å². The van der Waals surface area contributed by atoms with Gasteiger partial charge in [-0.1, -0.05) is 30.3 Å². The first-order valence-electron chi connectivity index (χ1n) is 8.36. The molecular formula is C21H15NO5. The fourth-order valence-corrected chi connectivity index (χ4v) is 2.87. The van der Waals surface area contributed by atoms with Crippen LogP contribution in [0.15, 0.2) is 60.7 Å². The van der Waals surface area contributed by atoms with Crippen molar-refractivity contribution in [2.24, 2.45) is 0 Å². The third-order valence-corrected chi connectivity index (χ3v) is 4.25. The second kappa shape index (κ2) is 6.92. The van der Waals surface area contributed by atoms with E-state index in [0.29, 0.717) is 22.6 Å². The molecule has 0 aromatic heterocycles. The number of ketones is 1. The van der Waals surface area contributed by atoms with E-state index in [4.69, 9.17) is 9.47 Å². The van der Waals surface area contributed by atoms with Crippen molar-refractivity contribution in [3.8, 4) is 5.75 Å². The molecule has 0 fully saturated rings. The standard InChI is InChI=1S/C21H15NO5/c23-18(15-7-8-19-17(10-15)22-20(24)12-26-19)11-27-21(25)16-6-5-13-3-1-2-4-14(13)9-16/h1-10H,11-12H2,(H,22,24). The Labute approximate surface area is 154 Å². The molecule has 1 heterocycles. The van der Waals surface area contributed by atoms with E-state index in [1.165, 1.54) is 6.07 Å². The van der Waals surface area contributed by atoms with Gasteiger partial charge in [0.1, 0.15) is 5.75 Å². The molecule has 1 aliphatic rings. The highest BCUT2D eigenvalue weighted by Crippen LogP contribution is 2.28. The van der Waals surface area contributed by atoms with Crippen LogP contribution in [0.1, 0.15) is 20.7 Å². The summed E-state index contributed by atoms with van der Waals surface area (Å²) in [5.74, 6) is -0.718. The van der Waals surface area contributed by atoms with Crippen LogP contribution in [0, 0.1) is 0 Å². The lowest BCUT2D eigenvalue weighted by molar-refractivity contribution is -0.118. The minimum Gasteiger partial charge on any atom is -0.482 e. The molecular weight excluding hydrogens is 346 g/mol. The summed E-state index contributed by atoms with van der Waals surface area (Å²) in [6.45, 7) is -0.442. The van der Waals surface area contributed by atoms with E-state index >= 15 is 0 Å². The Kier molecular flexibility index (Phi) is 4.30. The predicted octanol–water partition coefficient (Wildman–Crippen LogP) is 3.21. The zero-order chi connectivity index (χ0) is 18.8. The van der Waals surface area contributed by atoms with Gasteiger partial charge in [-0.15, -0.1) is 0 Å². The van der Waals surface area contributed by atoms with Crippen molar-refractivity contribution in [2.45, 2.75) is 0 Å². The van der Waals surface area contributed by atoms with Crippen molar-refractivity contribution in [1.29, 1.82) is 0 Å². The van der Waals surface area contributed by atoms with E-state index in [9.17, 15) is 14.4 Å². The molecule has 4 rings (SSSR count). The molecule has 0 saturated carbocycles. The van der Waals surface area contributed by atoms with Crippen LogP contribution in [0.4, 0.5) is 5.69 Å². The number of nitrogens with one attached hydrogen (secondary N) is 1. The third kappa shape index (κ3) is 3.50. The number of amides is 1. The summed E-state index contributed by atoms with van der Waals surface area (Å²) >= 11 is 0. The maximum Gasteiger partial charge on any atom is 0.338 e. The molecule has 1 N–H and O–H groups in total. The van der Waals surface area contributed by atoms with E-state index in [1.807, 2.05) is 30.3 Å². The highest BCUT2D eigenvalue weighted by molar-refractivity contribution is 6.03. The van der Waals surface area contributed by atoms with Crippen molar-refractivity contribution in [1.82, 2.24) is 0 Å². The van der Waals surface area contributed by atoms with Crippen molar-refractivity contribution in [2.75, 3.05) is 18.5 Å². The number of hydrogen-bond acceptors (Lipinski definition) is 5. The zero-order valence-electron chi connectivity index (χ0n) is 14.2. The topological polar surface area (TPSA) is 81.7 Å². The predicted molar refractivity (Wildman–Crippen MR) is 99.1 cm³/mol. The monoisotopic (exact) mass is 361 g/mol. The van der Waals surface area contributed by atoms with E-state index in [1.54, 1.807) is 24.3 Å². The number of esters is 1. The Morgan fingerprint density at radius 2 is 1.74 bits per heavy atom. The molecule has 0 atom stereocenters. The van der Waals surface area contributed by atoms with E-state index < -0.39 is 5.97 Å². The van der Waals surface area contributed by atoms with Gasteiger partial charge in [0.25, 0.3) is 5.91 Å². The minimum atomic E-state index is -0.566. The molecule has 0 saturated heterocycles. The molecule has 6 nitrogen and oxygen atoms in total. The Morgan fingerprint density at radius 1 is 0.963 bits per heavy atom. The first-order valence-corrected chi connectivity index (χ1v) is 8.36. The summed E-state index contributed by atoms with van der Waals surface area (Å²) in [4.78, 5) is 36.0. The van der Waals surface area contributed by atoms with Gasteiger partial charge >= 0.3 is 5.97 Å². The smallest absolute Gasteiger partial charge is 0.338 e. The zero-order valence-corrected chi connectivity index (χ0v) is 14.2. The fourth-order valence-electron chi connectivity index (χ4n) is 2.87. The Bertz CT molecular complexity index is 1070. The normalized spacial score (nSPS) is 12.7. The number of fused-ring (bicyclic) bond motifs is 2. The Balaban J connectivity index is 1.44. The lowest BCUT2D eigenvalue weighted by Crippen LogP contribution is -2.25. The third-order valence-electron chi connectivity index (χ3n) is 4.25. The highest BCUT2D eigenvalue weighted by atomic mass is 16.5. The maximum atomic E-state index is 12.3. The van der Waals surface area contributed by atoms with E-state index in [2.05, 4.69) is 5.32 Å². The average molecular weight is 361 g/mol. The SMILES string of the molecule is O=C1COc2ccc(C(=O)COC(=O)c3ccc4ccccc4c3)cc2N1. The molecule has 27 heavy (non-hydrogen) atoms. The van der Waals surface area contributed by atoms with Crippen molar-refractivity contribution in [3.05, 3.63) is 71.8 Å². The summed E-state index contributed by atoms with van der Waals surface area (Å²) in [7, 11) is 0. The first-order chi connectivity index (χ1) is 13.1. The summed E-state index contributed by atoms with van der Waals surface area (Å²) < 4.78 is 10.4. The average Bonchev–Trinajstić information content (AvgIpc) is 2.70. The van der Waals surface area contributed by atoms with Gasteiger partial charge in [0.15, 0.2) is 19.0 Å². The molecule has 6 heteroatoms. The lowest BCUT2D eigenvalue weighted by atomic mass is 10.1. The van der Waals surface area contributed by atoms with Gasteiger partial charge in [0, 0.05) is 5.56 Å². The number of carbonyl (C=O) groups excluding carboxylic acids is 3. The van der Waals surface area contributed by atoms with Gasteiger partial charge in [-0.05, 0) is 41.1 Å². The van der Waals surface area contributed by atoms with Crippen molar-refractivity contribution >= 4 is 34.1 Å². The van der Waals surface area contributed by atoms with Gasteiger partial charge in [0.05, 0.1) is 11.3 Å². The van der Waals surface area contributed by atoms with Gasteiger partial charge in [-0.25, -0.2) is 4.79 Å². The van der Waals surface area contributed by atoms with Crippen molar-refractivity contribution < 1.29 is 23.9 Å². The van der Waals surface area contributed by atoms with Crippen LogP contribution in [-0.4, -0.2) is 30.9 Å². The second-order valence-corrected chi connectivity index (χ2v) is 6.11. The minimum absolute atomic E-state index is 0.0519. The largest absolute Gasteiger partial charge is 0.482 e. The van der Waals surface area contributed by atoms with Crippen LogP contribution in [0.3, 0.4) is 0 Å². The number of carbonyl (C=O) groups is 3. The molecule has 0 unspecified atom stereocenters. The molecule has 0 spiro atoms. The quantitative estimate of drug-likeness (QED) is 0.570. The van der Waals surface area contributed by atoms with Crippen LogP contribution in [-0.2, 0) is 9.53 Å². The summed E-state index contributed by atoms with van der Waals surface area (Å²) in [6.07, 6.45) is 0. The molecule has 0 aliphatic carbocycles. The van der Waals surface area contributed by atoms with Gasteiger partial charge in [-0.2, -0.15) is 0 Å². The summed E-state index contributed by atoms with van der Waals surface area (Å²) in [5.41, 5.74) is 1.14. The molecule has 134 valence electrons. The molecule has 0 bridgehead atoms. The maximum absolute atomic E-state index is 12.3. The number of anilines is 1. The molecule has 1 amide bonds. The van der Waals surface area contributed by atoms with Crippen LogP contribution in [0.5, 0.6) is 5.75 Å². The fraction of sp³-hybridized carbons (Fsp3) is 0.0952. The Hall–Kier alpha value is -3.67. The van der Waals surface area contributed by atoms with Gasteiger partial charge in [-0.3, -0.25) is 9.59 Å². The van der Waals surface area contributed by atoms with Crippen molar-refractivity contribution in [3.63, 3.8) is 0 Å². The van der Waals surface area contributed by atoms with Gasteiger partial charge < -0.3 is 14.8 Å². The first kappa shape index (κ1) is 16.8. The summed E-state index contributed by atoms with van der Waals surface area (Å²) in [6, 6.07) is 17.6. The highest BCUT2D eigenvalue weighted by Gasteiger charge is 2.19. The lowest BCUT2D eigenvalue weighted by Gasteiger charge is -2.18. The van der Waals surface area contributed by atoms with Crippen LogP contribution < -0.4 is 10.1 Å². The number of Topliss-reactive ketones (excluding diaryl/α,β-unsaturated/α-hetero) is 1. The number of rotatable bonds is 4. The molecule has 0 radical (unpaired) electrons. The molecule has 3 aromatic rings. The van der Waals surface area contributed by atoms with Crippen LogP contribution in [0.2, 0.25) is 0 Å². The molecule has 1 aliphatic heterocycles. The second-order valence-electron chi connectivity index (χ2n) is 6.11.